The first-order valence-corrected chi connectivity index (χ1v) is 8.82. The lowest BCUT2D eigenvalue weighted by molar-refractivity contribution is 0.0697. The van der Waals surface area contributed by atoms with Gasteiger partial charge in [-0.25, -0.2) is 4.79 Å². The highest BCUT2D eigenvalue weighted by Gasteiger charge is 2.23. The molecule has 0 bridgehead atoms. The lowest BCUT2D eigenvalue weighted by Gasteiger charge is -2.02. The van der Waals surface area contributed by atoms with Crippen molar-refractivity contribution in [3.8, 4) is 0 Å². The zero-order chi connectivity index (χ0) is 18.8. The Morgan fingerprint density at radius 3 is 2.77 bits per heavy atom. The number of carboxylic acid groups (broad SMARTS) is 1. The van der Waals surface area contributed by atoms with Crippen molar-refractivity contribution in [2.24, 2.45) is 0 Å². The fourth-order valence-electron chi connectivity index (χ4n) is 2.69. The molecule has 3 aromatic heterocycles. The Labute approximate surface area is 153 Å². The molecule has 0 spiro atoms. The van der Waals surface area contributed by atoms with Crippen molar-refractivity contribution in [1.82, 2.24) is 14.9 Å². The van der Waals surface area contributed by atoms with Crippen molar-refractivity contribution in [2.75, 3.05) is 5.32 Å². The first-order chi connectivity index (χ1) is 12.4. The third-order valence-corrected chi connectivity index (χ3v) is 4.94. The number of nitrogens with zero attached hydrogens (tertiary/aromatic N) is 3. The van der Waals surface area contributed by atoms with E-state index >= 15 is 0 Å². The topological polar surface area (TPSA) is 110 Å². The van der Waals surface area contributed by atoms with E-state index in [1.165, 1.54) is 17.4 Å². The van der Waals surface area contributed by atoms with E-state index in [0.717, 1.165) is 16.0 Å². The van der Waals surface area contributed by atoms with Crippen LogP contribution in [-0.4, -0.2) is 31.9 Å². The Bertz CT molecular complexity index is 969. The Balaban J connectivity index is 1.78. The summed E-state index contributed by atoms with van der Waals surface area (Å²) in [6.07, 6.45) is 4.15. The number of anilines is 1. The Kier molecular flexibility index (Phi) is 4.90. The number of thiophene rings is 1. The van der Waals surface area contributed by atoms with Gasteiger partial charge in [-0.05, 0) is 31.4 Å². The smallest absolute Gasteiger partial charge is 0.339 e. The van der Waals surface area contributed by atoms with Gasteiger partial charge in [0.1, 0.15) is 11.5 Å². The molecule has 0 aliphatic carbocycles. The minimum atomic E-state index is -1.06. The molecule has 3 rings (SSSR count). The van der Waals surface area contributed by atoms with Crippen molar-refractivity contribution in [3.63, 3.8) is 0 Å². The number of hydrogen-bond acceptors (Lipinski definition) is 6. The zero-order valence-corrected chi connectivity index (χ0v) is 15.4. The van der Waals surface area contributed by atoms with E-state index in [9.17, 15) is 14.7 Å². The van der Waals surface area contributed by atoms with Crippen LogP contribution in [0.4, 0.5) is 5.00 Å². The van der Waals surface area contributed by atoms with Crippen LogP contribution in [0.15, 0.2) is 23.0 Å². The average molecular weight is 374 g/mol. The molecule has 2 N–H and O–H groups in total. The molecule has 1 amide bonds. The Morgan fingerprint density at radius 1 is 1.38 bits per heavy atom. The number of aromatic nitrogens is 3. The summed E-state index contributed by atoms with van der Waals surface area (Å²) >= 11 is 1.24. The van der Waals surface area contributed by atoms with Crippen LogP contribution in [0.5, 0.6) is 0 Å². The van der Waals surface area contributed by atoms with Crippen LogP contribution in [0.3, 0.4) is 0 Å². The van der Waals surface area contributed by atoms with Gasteiger partial charge in [0.15, 0.2) is 11.5 Å². The molecule has 0 unspecified atom stereocenters. The van der Waals surface area contributed by atoms with Crippen molar-refractivity contribution in [1.29, 1.82) is 0 Å². The monoisotopic (exact) mass is 374 g/mol. The van der Waals surface area contributed by atoms with E-state index in [1.807, 2.05) is 27.0 Å². The van der Waals surface area contributed by atoms with E-state index in [4.69, 9.17) is 4.52 Å². The first-order valence-electron chi connectivity index (χ1n) is 8.00. The number of aryl methyl sites for hydroxylation is 2. The number of nitrogens with one attached hydrogen (secondary N) is 1. The normalized spacial score (nSPS) is 10.9. The van der Waals surface area contributed by atoms with Gasteiger partial charge in [-0.3, -0.25) is 9.48 Å². The maximum atomic E-state index is 12.4. The van der Waals surface area contributed by atoms with Gasteiger partial charge in [0.05, 0.1) is 11.8 Å². The molecule has 3 aromatic rings. The van der Waals surface area contributed by atoms with Gasteiger partial charge < -0.3 is 14.9 Å². The van der Waals surface area contributed by atoms with Crippen LogP contribution < -0.4 is 5.32 Å². The maximum absolute atomic E-state index is 12.4. The average Bonchev–Trinajstić information content (AvgIpc) is 3.27. The largest absolute Gasteiger partial charge is 0.478 e. The minimum Gasteiger partial charge on any atom is -0.478 e. The summed E-state index contributed by atoms with van der Waals surface area (Å²) in [7, 11) is 0. The molecule has 0 aromatic carbocycles. The molecule has 0 saturated heterocycles. The summed E-state index contributed by atoms with van der Waals surface area (Å²) in [5, 5.41) is 20.3. The number of carbonyl (C=O) groups is 2. The molecular formula is C17H18N4O4S. The number of amides is 1. The van der Waals surface area contributed by atoms with Crippen LogP contribution in [0, 0.1) is 13.8 Å². The van der Waals surface area contributed by atoms with Crippen molar-refractivity contribution in [3.05, 3.63) is 51.5 Å². The van der Waals surface area contributed by atoms with E-state index in [2.05, 4.69) is 15.6 Å². The fraction of sp³-hybridized carbons (Fsp3) is 0.294. The maximum Gasteiger partial charge on any atom is 0.339 e. The van der Waals surface area contributed by atoms with Crippen molar-refractivity contribution in [2.45, 2.75) is 33.7 Å². The fourth-order valence-corrected chi connectivity index (χ4v) is 3.83. The molecule has 136 valence electrons. The third-order valence-electron chi connectivity index (χ3n) is 3.88. The lowest BCUT2D eigenvalue weighted by Crippen LogP contribution is -2.14. The predicted molar refractivity (Wildman–Crippen MR) is 95.9 cm³/mol. The van der Waals surface area contributed by atoms with Crippen LogP contribution in [0.1, 0.15) is 49.5 Å². The minimum absolute atomic E-state index is 0.0873. The summed E-state index contributed by atoms with van der Waals surface area (Å²) in [4.78, 5) is 24.8. The highest BCUT2D eigenvalue weighted by molar-refractivity contribution is 7.16. The van der Waals surface area contributed by atoms with E-state index in [1.54, 1.807) is 10.9 Å². The number of aromatic carboxylic acids is 1. The van der Waals surface area contributed by atoms with Crippen molar-refractivity contribution >= 4 is 28.2 Å². The molecular weight excluding hydrogens is 356 g/mol. The Morgan fingerprint density at radius 2 is 2.15 bits per heavy atom. The first kappa shape index (κ1) is 17.9. The van der Waals surface area contributed by atoms with Crippen LogP contribution in [0.25, 0.3) is 0 Å². The second kappa shape index (κ2) is 7.12. The van der Waals surface area contributed by atoms with E-state index in [0.29, 0.717) is 23.7 Å². The molecule has 3 heterocycles. The number of carbonyl (C=O) groups excluding carboxylic acids is 1. The molecule has 8 nitrogen and oxygen atoms in total. The summed E-state index contributed by atoms with van der Waals surface area (Å²) in [6, 6.07) is 1.52. The molecule has 0 fully saturated rings. The van der Waals surface area contributed by atoms with Gasteiger partial charge in [0, 0.05) is 17.1 Å². The van der Waals surface area contributed by atoms with Gasteiger partial charge in [-0.15, -0.1) is 11.3 Å². The number of rotatable bonds is 6. The summed E-state index contributed by atoms with van der Waals surface area (Å²) in [5.74, 6) is -1.09. The third kappa shape index (κ3) is 3.52. The molecule has 9 heteroatoms. The summed E-state index contributed by atoms with van der Waals surface area (Å²) < 4.78 is 6.86. The van der Waals surface area contributed by atoms with Gasteiger partial charge in [0.2, 0.25) is 0 Å². The lowest BCUT2D eigenvalue weighted by atomic mass is 10.1. The summed E-state index contributed by atoms with van der Waals surface area (Å²) in [5.41, 5.74) is 1.97. The van der Waals surface area contributed by atoms with Gasteiger partial charge >= 0.3 is 5.97 Å². The van der Waals surface area contributed by atoms with Crippen LogP contribution >= 0.6 is 11.3 Å². The van der Waals surface area contributed by atoms with Gasteiger partial charge in [-0.1, -0.05) is 12.1 Å². The molecule has 0 aliphatic heterocycles. The number of hydrogen-bond donors (Lipinski definition) is 2. The van der Waals surface area contributed by atoms with E-state index < -0.39 is 11.9 Å². The second-order valence-electron chi connectivity index (χ2n) is 5.85. The summed E-state index contributed by atoms with van der Waals surface area (Å²) in [6.45, 7) is 6.00. The second-order valence-corrected chi connectivity index (χ2v) is 7.07. The van der Waals surface area contributed by atoms with E-state index in [-0.39, 0.29) is 11.3 Å². The molecule has 0 saturated carbocycles. The number of carboxylic acids is 1. The van der Waals surface area contributed by atoms with Crippen LogP contribution in [0.2, 0.25) is 0 Å². The highest BCUT2D eigenvalue weighted by atomic mass is 32.1. The SMILES string of the molecule is CCc1c(C)sc(NC(=O)c2cc(Cn3cc(C)cn3)on2)c1C(=O)O. The Hall–Kier alpha value is -2.94. The molecule has 0 aliphatic rings. The van der Waals surface area contributed by atoms with Gasteiger partial charge in [-0.2, -0.15) is 5.10 Å². The molecule has 0 atom stereocenters. The molecule has 26 heavy (non-hydrogen) atoms. The quantitative estimate of drug-likeness (QED) is 0.686. The van der Waals surface area contributed by atoms with Crippen LogP contribution in [-0.2, 0) is 13.0 Å². The highest BCUT2D eigenvalue weighted by Crippen LogP contribution is 2.33. The predicted octanol–water partition coefficient (Wildman–Crippen LogP) is 3.11. The van der Waals surface area contributed by atoms with Crippen molar-refractivity contribution < 1.29 is 19.2 Å². The standard InChI is InChI=1S/C17H18N4O4S/c1-4-12-10(3)26-16(14(12)17(23)24)19-15(22)13-5-11(25-20-13)8-21-7-9(2)6-18-21/h5-7H,4,8H2,1-3H3,(H,19,22)(H,23,24). The van der Waals surface area contributed by atoms with Gasteiger partial charge in [0.25, 0.3) is 5.91 Å². The zero-order valence-electron chi connectivity index (χ0n) is 14.6. The molecule has 0 radical (unpaired) electrons.